The summed E-state index contributed by atoms with van der Waals surface area (Å²) in [5.41, 5.74) is -1.43. The van der Waals surface area contributed by atoms with Crippen LogP contribution in [0, 0.1) is 23.0 Å². The molecule has 3 fully saturated rings. The first-order valence-corrected chi connectivity index (χ1v) is 8.93. The molecule has 1 aromatic rings. The van der Waals surface area contributed by atoms with Crippen molar-refractivity contribution < 1.29 is 31.5 Å². The van der Waals surface area contributed by atoms with Gasteiger partial charge in [0.15, 0.2) is 6.04 Å². The third-order valence-electron chi connectivity index (χ3n) is 6.21. The number of alkyl halides is 3. The van der Waals surface area contributed by atoms with Gasteiger partial charge in [0.05, 0.1) is 11.7 Å². The molecule has 3 aliphatic rings. The number of fused-ring (bicyclic) bond motifs is 2. The summed E-state index contributed by atoms with van der Waals surface area (Å²) in [6.45, 7) is 0.572. The van der Waals surface area contributed by atoms with Crippen molar-refractivity contribution in [3.05, 3.63) is 35.4 Å². The molecule has 4 atom stereocenters. The van der Waals surface area contributed by atoms with Gasteiger partial charge in [0.2, 0.25) is 0 Å². The second-order valence-electron chi connectivity index (χ2n) is 7.54. The van der Waals surface area contributed by atoms with E-state index in [0.717, 1.165) is 43.9 Å². The van der Waals surface area contributed by atoms with Crippen LogP contribution in [0.3, 0.4) is 0 Å². The number of benzene rings is 1. The van der Waals surface area contributed by atoms with Crippen LogP contribution in [0.15, 0.2) is 18.2 Å². The largest absolute Gasteiger partial charge is 0.413 e. The molecule has 27 heavy (non-hydrogen) atoms. The number of carbonyl (C=O) groups excluding carboxylic acids is 1. The van der Waals surface area contributed by atoms with Crippen LogP contribution in [-0.2, 0) is 4.74 Å². The average Bonchev–Trinajstić information content (AvgIpc) is 2.94. The molecule has 0 radical (unpaired) electrons. The van der Waals surface area contributed by atoms with Crippen LogP contribution in [0.5, 0.6) is 0 Å². The highest BCUT2D eigenvalue weighted by Gasteiger charge is 2.67. The number of nitrogens with one attached hydrogen (secondary N) is 2. The van der Waals surface area contributed by atoms with Crippen molar-refractivity contribution in [2.75, 3.05) is 6.61 Å². The van der Waals surface area contributed by atoms with E-state index in [0.29, 0.717) is 6.61 Å². The molecule has 148 valence electrons. The zero-order valence-electron chi connectivity index (χ0n) is 14.3. The van der Waals surface area contributed by atoms with Gasteiger partial charge in [0.25, 0.3) is 0 Å². The van der Waals surface area contributed by atoms with Crippen LogP contribution in [0.4, 0.5) is 26.7 Å². The number of carbonyl (C=O) groups is 1. The van der Waals surface area contributed by atoms with Gasteiger partial charge in [-0.3, -0.25) is 0 Å². The summed E-state index contributed by atoms with van der Waals surface area (Å²) in [5, 5.41) is 4.34. The Morgan fingerprint density at radius 2 is 1.89 bits per heavy atom. The molecule has 1 heterocycles. The summed E-state index contributed by atoms with van der Waals surface area (Å²) in [5.74, 6) is -2.65. The predicted octanol–water partition coefficient (Wildman–Crippen LogP) is 3.83. The highest BCUT2D eigenvalue weighted by molar-refractivity contribution is 5.75. The second kappa shape index (κ2) is 6.32. The van der Waals surface area contributed by atoms with Crippen molar-refractivity contribution >= 4 is 6.03 Å². The average molecular weight is 390 g/mol. The molecule has 0 bridgehead atoms. The molecule has 4 rings (SSSR count). The van der Waals surface area contributed by atoms with Gasteiger partial charge in [0.1, 0.15) is 11.6 Å². The Morgan fingerprint density at radius 3 is 2.44 bits per heavy atom. The maximum atomic E-state index is 13.9. The summed E-state index contributed by atoms with van der Waals surface area (Å²) >= 11 is 0. The summed E-state index contributed by atoms with van der Waals surface area (Å²) in [4.78, 5) is 12.3. The van der Waals surface area contributed by atoms with Crippen molar-refractivity contribution in [2.24, 2.45) is 11.3 Å². The zero-order chi connectivity index (χ0) is 19.4. The van der Waals surface area contributed by atoms with Crippen LogP contribution in [-0.4, -0.2) is 31.0 Å². The minimum Gasteiger partial charge on any atom is -0.377 e. The third kappa shape index (κ3) is 2.86. The second-order valence-corrected chi connectivity index (χ2v) is 7.54. The van der Waals surface area contributed by atoms with Crippen LogP contribution in [0.2, 0.25) is 0 Å². The van der Waals surface area contributed by atoms with Gasteiger partial charge >= 0.3 is 12.2 Å². The van der Waals surface area contributed by atoms with E-state index in [4.69, 9.17) is 4.74 Å². The number of urea groups is 1. The lowest BCUT2D eigenvalue weighted by Crippen LogP contribution is -2.72. The fourth-order valence-electron chi connectivity index (χ4n) is 4.87. The summed E-state index contributed by atoms with van der Waals surface area (Å²) in [7, 11) is 0. The van der Waals surface area contributed by atoms with Gasteiger partial charge in [-0.25, -0.2) is 13.6 Å². The van der Waals surface area contributed by atoms with Crippen LogP contribution >= 0.6 is 0 Å². The minimum atomic E-state index is -5.05. The van der Waals surface area contributed by atoms with Crippen molar-refractivity contribution in [3.63, 3.8) is 0 Å². The molecule has 2 aliphatic carbocycles. The van der Waals surface area contributed by atoms with Gasteiger partial charge in [-0.2, -0.15) is 13.2 Å². The Morgan fingerprint density at radius 1 is 1.22 bits per heavy atom. The molecular weight excluding hydrogens is 371 g/mol. The first-order chi connectivity index (χ1) is 12.7. The van der Waals surface area contributed by atoms with Crippen LogP contribution < -0.4 is 10.6 Å². The first kappa shape index (κ1) is 18.5. The molecule has 1 aromatic carbocycles. The summed E-state index contributed by atoms with van der Waals surface area (Å²) < 4.78 is 73.6. The van der Waals surface area contributed by atoms with Gasteiger partial charge in [-0.15, -0.1) is 0 Å². The molecule has 9 heteroatoms. The smallest absolute Gasteiger partial charge is 0.377 e. The number of hydrogen-bond acceptors (Lipinski definition) is 2. The number of amides is 2. The van der Waals surface area contributed by atoms with E-state index in [9.17, 15) is 26.7 Å². The number of rotatable bonds is 3. The first-order valence-electron chi connectivity index (χ1n) is 8.93. The quantitative estimate of drug-likeness (QED) is 0.771. The predicted molar refractivity (Wildman–Crippen MR) is 84.7 cm³/mol. The highest BCUT2D eigenvalue weighted by atomic mass is 19.4. The Labute approximate surface area is 152 Å². The fraction of sp³-hybridized carbons (Fsp3) is 0.611. The molecule has 1 spiro atoms. The SMILES string of the molecule is O=C(NC(c1c(F)cccc1F)C(F)(F)F)NC1C2CCOC2C12CCC2. The molecular formula is C18H19F5N2O2. The molecule has 2 saturated carbocycles. The minimum absolute atomic E-state index is 0.0407. The normalized spacial score (nSPS) is 29.4. The van der Waals surface area contributed by atoms with Crippen molar-refractivity contribution in [1.29, 1.82) is 0 Å². The van der Waals surface area contributed by atoms with Crippen molar-refractivity contribution in [1.82, 2.24) is 10.6 Å². The third-order valence-corrected chi connectivity index (χ3v) is 6.21. The van der Waals surface area contributed by atoms with Gasteiger partial charge in [0, 0.05) is 24.0 Å². The van der Waals surface area contributed by atoms with E-state index in [2.05, 4.69) is 5.32 Å². The van der Waals surface area contributed by atoms with Gasteiger partial charge in [-0.05, 0) is 31.4 Å². The van der Waals surface area contributed by atoms with Crippen LogP contribution in [0.25, 0.3) is 0 Å². The van der Waals surface area contributed by atoms with E-state index in [-0.39, 0.29) is 23.5 Å². The number of hydrogen-bond donors (Lipinski definition) is 2. The Bertz CT molecular complexity index is 730. The molecule has 1 saturated heterocycles. The lowest BCUT2D eigenvalue weighted by Gasteiger charge is -2.63. The van der Waals surface area contributed by atoms with Crippen molar-refractivity contribution in [3.8, 4) is 0 Å². The molecule has 2 N–H and O–H groups in total. The Hall–Kier alpha value is -1.90. The molecule has 1 aliphatic heterocycles. The monoisotopic (exact) mass is 390 g/mol. The van der Waals surface area contributed by atoms with E-state index >= 15 is 0 Å². The standard InChI is InChI=1S/C18H19F5N2O2/c19-10-3-1-4-11(20)12(10)14(18(21,22)23)25-16(26)24-13-9-5-8-27-15(9)17(13)6-2-7-17/h1,3-4,9,13-15H,2,5-8H2,(H2,24,25,26). The molecule has 4 nitrogen and oxygen atoms in total. The Balaban J connectivity index is 1.51. The summed E-state index contributed by atoms with van der Waals surface area (Å²) in [6.07, 6.45) is -1.58. The lowest BCUT2D eigenvalue weighted by atomic mass is 9.46. The maximum absolute atomic E-state index is 13.9. The molecule has 2 amide bonds. The molecule has 4 unspecified atom stereocenters. The Kier molecular flexibility index (Phi) is 4.32. The van der Waals surface area contributed by atoms with E-state index < -0.39 is 35.4 Å². The van der Waals surface area contributed by atoms with Gasteiger partial charge < -0.3 is 15.4 Å². The zero-order valence-corrected chi connectivity index (χ0v) is 14.3. The van der Waals surface area contributed by atoms with Gasteiger partial charge in [-0.1, -0.05) is 12.5 Å². The number of halogens is 5. The lowest BCUT2D eigenvalue weighted by molar-refractivity contribution is -0.173. The maximum Gasteiger partial charge on any atom is 0.413 e. The topological polar surface area (TPSA) is 50.4 Å². The van der Waals surface area contributed by atoms with Crippen molar-refractivity contribution in [2.45, 2.75) is 50.0 Å². The van der Waals surface area contributed by atoms with E-state index in [1.807, 2.05) is 0 Å². The fourth-order valence-corrected chi connectivity index (χ4v) is 4.87. The summed E-state index contributed by atoms with van der Waals surface area (Å²) in [6, 6.07) is -1.71. The molecule has 0 aromatic heterocycles. The number of ether oxygens (including phenoxy) is 1. The van der Waals surface area contributed by atoms with E-state index in [1.165, 1.54) is 0 Å². The van der Waals surface area contributed by atoms with Crippen LogP contribution in [0.1, 0.15) is 37.3 Å². The highest BCUT2D eigenvalue weighted by Crippen LogP contribution is 2.62. The van der Waals surface area contributed by atoms with E-state index in [1.54, 1.807) is 5.32 Å².